The average molecular weight is 255 g/mol. The molecule has 2 nitrogen and oxygen atoms in total. The highest BCUT2D eigenvalue weighted by Crippen LogP contribution is 2.22. The van der Waals surface area contributed by atoms with Gasteiger partial charge in [0, 0.05) is 16.1 Å². The largest absolute Gasteiger partial charge is 0.230 e. The van der Waals surface area contributed by atoms with Gasteiger partial charge >= 0.3 is 0 Å². The van der Waals surface area contributed by atoms with E-state index in [4.69, 9.17) is 0 Å². The summed E-state index contributed by atoms with van der Waals surface area (Å²) in [5.41, 5.74) is 0.980. The van der Waals surface area contributed by atoms with Crippen LogP contribution >= 0.6 is 27.7 Å². The van der Waals surface area contributed by atoms with Gasteiger partial charge in [-0.3, -0.25) is 0 Å². The van der Waals surface area contributed by atoms with Gasteiger partial charge in [0.15, 0.2) is 5.16 Å². The highest BCUT2D eigenvalue weighted by Gasteiger charge is 2.00. The van der Waals surface area contributed by atoms with Gasteiger partial charge in [-0.15, -0.1) is 0 Å². The number of aromatic nitrogens is 2. The van der Waals surface area contributed by atoms with Gasteiger partial charge in [0.25, 0.3) is 0 Å². The third kappa shape index (κ3) is 1.69. The molecule has 2 aromatic rings. The van der Waals surface area contributed by atoms with Crippen molar-refractivity contribution in [1.82, 2.24) is 9.97 Å². The van der Waals surface area contributed by atoms with Crippen molar-refractivity contribution in [3.8, 4) is 0 Å². The summed E-state index contributed by atoms with van der Waals surface area (Å²) >= 11 is 5.01. The first-order valence-corrected chi connectivity index (χ1v) is 5.78. The summed E-state index contributed by atoms with van der Waals surface area (Å²) in [4.78, 5) is 8.58. The van der Waals surface area contributed by atoms with Gasteiger partial charge in [0.2, 0.25) is 0 Å². The van der Waals surface area contributed by atoms with Gasteiger partial charge in [0.1, 0.15) is 0 Å². The molecule has 13 heavy (non-hydrogen) atoms. The Bertz CT molecular complexity index is 445. The molecule has 4 heteroatoms. The van der Waals surface area contributed by atoms with E-state index >= 15 is 0 Å². The maximum atomic E-state index is 4.38. The molecule has 2 rings (SSSR count). The molecular weight excluding hydrogens is 248 g/mol. The van der Waals surface area contributed by atoms with Crippen LogP contribution in [0.1, 0.15) is 0 Å². The second-order valence-electron chi connectivity index (χ2n) is 2.53. The lowest BCUT2D eigenvalue weighted by molar-refractivity contribution is 1.01. The minimum absolute atomic E-state index is 0.811. The molecule has 0 spiro atoms. The van der Waals surface area contributed by atoms with Crippen LogP contribution in [0.4, 0.5) is 0 Å². The van der Waals surface area contributed by atoms with Crippen molar-refractivity contribution >= 4 is 38.6 Å². The molecule has 0 aliphatic carbocycles. The monoisotopic (exact) mass is 254 g/mol. The van der Waals surface area contributed by atoms with E-state index in [0.717, 1.165) is 20.5 Å². The van der Waals surface area contributed by atoms with E-state index in [1.165, 1.54) is 0 Å². The van der Waals surface area contributed by atoms with Crippen LogP contribution in [-0.4, -0.2) is 16.2 Å². The summed E-state index contributed by atoms with van der Waals surface area (Å²) in [6.45, 7) is 0. The number of fused-ring (bicyclic) bond motifs is 1. The van der Waals surface area contributed by atoms with Gasteiger partial charge in [-0.2, -0.15) is 0 Å². The van der Waals surface area contributed by atoms with Gasteiger partial charge in [-0.1, -0.05) is 33.8 Å². The molecule has 0 aliphatic rings. The summed E-state index contributed by atoms with van der Waals surface area (Å²) in [5.74, 6) is 0. The lowest BCUT2D eigenvalue weighted by Crippen LogP contribution is -1.86. The summed E-state index contributed by atoms with van der Waals surface area (Å²) in [6, 6.07) is 5.95. The summed E-state index contributed by atoms with van der Waals surface area (Å²) in [5, 5.41) is 1.87. The number of thioether (sulfide) groups is 1. The Kier molecular flexibility index (Phi) is 2.51. The third-order valence-corrected chi connectivity index (χ3v) is 2.99. The smallest absolute Gasteiger partial charge is 0.187 e. The number of halogens is 1. The zero-order valence-corrected chi connectivity index (χ0v) is 9.39. The Balaban J connectivity index is 2.72. The summed E-state index contributed by atoms with van der Waals surface area (Å²) < 4.78 is 1.04. The molecule has 0 saturated heterocycles. The van der Waals surface area contributed by atoms with E-state index in [0.29, 0.717) is 0 Å². The molecule has 0 saturated carbocycles. The second-order valence-corrected chi connectivity index (χ2v) is 4.16. The van der Waals surface area contributed by atoms with E-state index in [9.17, 15) is 0 Å². The number of benzene rings is 1. The van der Waals surface area contributed by atoms with Crippen molar-refractivity contribution in [1.29, 1.82) is 0 Å². The van der Waals surface area contributed by atoms with E-state index in [2.05, 4.69) is 25.9 Å². The SMILES string of the molecule is CSc1ncc2c(Br)cccc2n1. The molecule has 0 N–H and O–H groups in total. The zero-order valence-electron chi connectivity index (χ0n) is 6.99. The van der Waals surface area contributed by atoms with Crippen LogP contribution in [0.2, 0.25) is 0 Å². The predicted molar refractivity (Wildman–Crippen MR) is 59.0 cm³/mol. The fourth-order valence-corrected chi connectivity index (χ4v) is 1.91. The van der Waals surface area contributed by atoms with E-state index in [-0.39, 0.29) is 0 Å². The number of rotatable bonds is 1. The fourth-order valence-electron chi connectivity index (χ4n) is 1.10. The molecule has 0 unspecified atom stereocenters. The van der Waals surface area contributed by atoms with Crippen molar-refractivity contribution in [3.63, 3.8) is 0 Å². The van der Waals surface area contributed by atoms with Crippen molar-refractivity contribution in [2.24, 2.45) is 0 Å². The molecule has 0 amide bonds. The van der Waals surface area contributed by atoms with E-state index in [1.807, 2.05) is 30.7 Å². The van der Waals surface area contributed by atoms with Crippen LogP contribution in [0.25, 0.3) is 10.9 Å². The second kappa shape index (κ2) is 3.64. The highest BCUT2D eigenvalue weighted by molar-refractivity contribution is 9.10. The Morgan fingerprint density at radius 2 is 2.23 bits per heavy atom. The van der Waals surface area contributed by atoms with Crippen LogP contribution in [0, 0.1) is 0 Å². The molecule has 0 atom stereocenters. The number of hydrogen-bond donors (Lipinski definition) is 0. The molecule has 1 aromatic carbocycles. The fraction of sp³-hybridized carbons (Fsp3) is 0.111. The molecule has 66 valence electrons. The van der Waals surface area contributed by atoms with Gasteiger partial charge in [-0.25, -0.2) is 9.97 Å². The van der Waals surface area contributed by atoms with Gasteiger partial charge in [-0.05, 0) is 18.4 Å². The topological polar surface area (TPSA) is 25.8 Å². The molecular formula is C9H7BrN2S. The third-order valence-electron chi connectivity index (χ3n) is 1.73. The first-order valence-electron chi connectivity index (χ1n) is 3.76. The van der Waals surface area contributed by atoms with Crippen molar-refractivity contribution in [3.05, 3.63) is 28.9 Å². The zero-order chi connectivity index (χ0) is 9.26. The summed E-state index contributed by atoms with van der Waals surface area (Å²) in [6.07, 6.45) is 3.82. The normalized spacial score (nSPS) is 10.6. The maximum absolute atomic E-state index is 4.38. The molecule has 0 bridgehead atoms. The Labute approximate surface area is 88.9 Å². The van der Waals surface area contributed by atoms with E-state index in [1.54, 1.807) is 11.8 Å². The molecule has 0 fully saturated rings. The minimum Gasteiger partial charge on any atom is -0.230 e. The average Bonchev–Trinajstić information content (AvgIpc) is 2.18. The molecule has 1 heterocycles. The van der Waals surface area contributed by atoms with Crippen LogP contribution in [0.3, 0.4) is 0 Å². The van der Waals surface area contributed by atoms with Gasteiger partial charge in [0.05, 0.1) is 5.52 Å². The summed E-state index contributed by atoms with van der Waals surface area (Å²) in [7, 11) is 0. The van der Waals surface area contributed by atoms with Crippen molar-refractivity contribution < 1.29 is 0 Å². The van der Waals surface area contributed by atoms with Crippen molar-refractivity contribution in [2.75, 3.05) is 6.26 Å². The Hall–Kier alpha value is -0.610. The maximum Gasteiger partial charge on any atom is 0.187 e. The Morgan fingerprint density at radius 3 is 3.00 bits per heavy atom. The predicted octanol–water partition coefficient (Wildman–Crippen LogP) is 3.11. The standard InChI is InChI=1S/C9H7BrN2S/c1-13-9-11-5-6-7(10)3-2-4-8(6)12-9/h2-5H,1H3. The lowest BCUT2D eigenvalue weighted by Gasteiger charge is -2.00. The molecule has 0 aliphatic heterocycles. The van der Waals surface area contributed by atoms with E-state index < -0.39 is 0 Å². The molecule has 0 radical (unpaired) electrons. The molecule has 1 aromatic heterocycles. The minimum atomic E-state index is 0.811. The number of hydrogen-bond acceptors (Lipinski definition) is 3. The Morgan fingerprint density at radius 1 is 1.38 bits per heavy atom. The highest BCUT2D eigenvalue weighted by atomic mass is 79.9. The first kappa shape index (κ1) is 8.97. The van der Waals surface area contributed by atoms with Crippen LogP contribution in [-0.2, 0) is 0 Å². The van der Waals surface area contributed by atoms with Gasteiger partial charge < -0.3 is 0 Å². The van der Waals surface area contributed by atoms with Crippen LogP contribution in [0.15, 0.2) is 34.0 Å². The van der Waals surface area contributed by atoms with Crippen LogP contribution in [0.5, 0.6) is 0 Å². The van der Waals surface area contributed by atoms with Crippen LogP contribution < -0.4 is 0 Å². The quantitative estimate of drug-likeness (QED) is 0.578. The lowest BCUT2D eigenvalue weighted by atomic mass is 10.2. The van der Waals surface area contributed by atoms with Crippen molar-refractivity contribution in [2.45, 2.75) is 5.16 Å². The number of nitrogens with zero attached hydrogens (tertiary/aromatic N) is 2. The first-order chi connectivity index (χ1) is 6.31.